The number of rotatable bonds is 5. The average Bonchev–Trinajstić information content (AvgIpc) is 3.06. The molecule has 0 bridgehead atoms. The van der Waals surface area contributed by atoms with Crippen LogP contribution in [0, 0.1) is 0 Å². The third-order valence-electron chi connectivity index (χ3n) is 3.24. The summed E-state index contributed by atoms with van der Waals surface area (Å²) in [6.07, 6.45) is 8.64. The molecule has 3 aromatic rings. The van der Waals surface area contributed by atoms with Crippen molar-refractivity contribution < 1.29 is 4.42 Å². The van der Waals surface area contributed by atoms with Crippen LogP contribution in [0.15, 0.2) is 41.3 Å². The van der Waals surface area contributed by atoms with Gasteiger partial charge in [-0.2, -0.15) is 0 Å². The number of oxazole rings is 1. The first-order chi connectivity index (χ1) is 9.35. The van der Waals surface area contributed by atoms with E-state index in [0.717, 1.165) is 42.8 Å². The van der Waals surface area contributed by atoms with Gasteiger partial charge in [0.25, 0.3) is 0 Å². The Morgan fingerprint density at radius 1 is 1.32 bits per heavy atom. The van der Waals surface area contributed by atoms with E-state index in [9.17, 15) is 0 Å². The molecule has 98 valence electrons. The molecule has 2 heterocycles. The number of hydrogen-bond acceptors (Lipinski definition) is 3. The summed E-state index contributed by atoms with van der Waals surface area (Å²) < 4.78 is 7.71. The molecule has 1 aromatic carbocycles. The van der Waals surface area contributed by atoms with Crippen molar-refractivity contribution in [3.63, 3.8) is 0 Å². The minimum atomic E-state index is 0.811. The Kier molecular flexibility index (Phi) is 3.31. The van der Waals surface area contributed by atoms with E-state index < -0.39 is 0 Å². The van der Waals surface area contributed by atoms with Crippen LogP contribution in [-0.2, 0) is 19.4 Å². The van der Waals surface area contributed by atoms with Gasteiger partial charge in [0.2, 0.25) is 0 Å². The van der Waals surface area contributed by atoms with Gasteiger partial charge in [-0.05, 0) is 30.5 Å². The molecule has 4 heteroatoms. The zero-order chi connectivity index (χ0) is 13.1. The zero-order valence-electron chi connectivity index (χ0n) is 11.0. The van der Waals surface area contributed by atoms with Gasteiger partial charge in [0.15, 0.2) is 11.5 Å². The predicted molar refractivity (Wildman–Crippen MR) is 73.9 cm³/mol. The molecule has 2 aromatic heterocycles. The zero-order valence-corrected chi connectivity index (χ0v) is 11.0. The molecule has 0 saturated heterocycles. The van der Waals surface area contributed by atoms with E-state index in [4.69, 9.17) is 4.42 Å². The molecule has 4 nitrogen and oxygen atoms in total. The molecule has 0 aliphatic heterocycles. The molecular weight excluding hydrogens is 238 g/mol. The van der Waals surface area contributed by atoms with E-state index >= 15 is 0 Å². The van der Waals surface area contributed by atoms with Gasteiger partial charge in [-0.1, -0.05) is 13.0 Å². The van der Waals surface area contributed by atoms with Crippen LogP contribution in [-0.4, -0.2) is 14.5 Å². The maximum atomic E-state index is 5.61. The normalized spacial score (nSPS) is 11.2. The first-order valence-corrected chi connectivity index (χ1v) is 6.69. The second-order valence-electron chi connectivity index (χ2n) is 4.67. The Morgan fingerprint density at radius 2 is 2.26 bits per heavy atom. The fraction of sp³-hybridized carbons (Fsp3) is 0.333. The first-order valence-electron chi connectivity index (χ1n) is 6.69. The van der Waals surface area contributed by atoms with Crippen LogP contribution in [0.2, 0.25) is 0 Å². The van der Waals surface area contributed by atoms with E-state index in [1.165, 1.54) is 5.56 Å². The van der Waals surface area contributed by atoms with Crippen molar-refractivity contribution >= 4 is 11.1 Å². The van der Waals surface area contributed by atoms with Crippen molar-refractivity contribution in [1.29, 1.82) is 0 Å². The lowest BCUT2D eigenvalue weighted by Gasteiger charge is -2.02. The number of imidazole rings is 1. The van der Waals surface area contributed by atoms with E-state index in [-0.39, 0.29) is 0 Å². The molecule has 0 aliphatic carbocycles. The predicted octanol–water partition coefficient (Wildman–Crippen LogP) is 3.22. The van der Waals surface area contributed by atoms with Gasteiger partial charge in [-0.3, -0.25) is 0 Å². The van der Waals surface area contributed by atoms with Crippen molar-refractivity contribution in [3.05, 3.63) is 48.4 Å². The van der Waals surface area contributed by atoms with Gasteiger partial charge in [-0.25, -0.2) is 9.97 Å². The topological polar surface area (TPSA) is 43.9 Å². The van der Waals surface area contributed by atoms with Gasteiger partial charge in [0, 0.05) is 25.4 Å². The van der Waals surface area contributed by atoms with Crippen molar-refractivity contribution in [2.24, 2.45) is 0 Å². The summed E-state index contributed by atoms with van der Waals surface area (Å²) in [5.74, 6) is 0.811. The molecule has 0 saturated carbocycles. The highest BCUT2D eigenvalue weighted by molar-refractivity contribution is 5.73. The molecule has 0 aliphatic rings. The Hall–Kier alpha value is -2.10. The SMILES string of the molecule is CCc1nc2cc(CCCn3ccnc3)ccc2o1. The van der Waals surface area contributed by atoms with Crippen molar-refractivity contribution in [3.8, 4) is 0 Å². The molecular formula is C15H17N3O. The fourth-order valence-corrected chi connectivity index (χ4v) is 2.21. The molecule has 0 N–H and O–H groups in total. The summed E-state index contributed by atoms with van der Waals surface area (Å²) in [5, 5.41) is 0. The summed E-state index contributed by atoms with van der Waals surface area (Å²) in [7, 11) is 0. The Morgan fingerprint density at radius 3 is 3.05 bits per heavy atom. The molecule has 19 heavy (non-hydrogen) atoms. The fourth-order valence-electron chi connectivity index (χ4n) is 2.21. The summed E-state index contributed by atoms with van der Waals surface area (Å²) in [5.41, 5.74) is 3.16. The molecule has 0 spiro atoms. The Labute approximate surface area is 112 Å². The number of aryl methyl sites for hydroxylation is 3. The van der Waals surface area contributed by atoms with Crippen LogP contribution in [0.3, 0.4) is 0 Å². The van der Waals surface area contributed by atoms with Crippen LogP contribution >= 0.6 is 0 Å². The Bertz CT molecular complexity index is 655. The number of benzene rings is 1. The minimum absolute atomic E-state index is 0.811. The number of fused-ring (bicyclic) bond motifs is 1. The summed E-state index contributed by atoms with van der Waals surface area (Å²) in [6, 6.07) is 6.28. The molecule has 0 amide bonds. The van der Waals surface area contributed by atoms with E-state index in [1.807, 2.05) is 24.8 Å². The lowest BCUT2D eigenvalue weighted by Crippen LogP contribution is -1.96. The number of aromatic nitrogens is 3. The summed E-state index contributed by atoms with van der Waals surface area (Å²) in [6.45, 7) is 3.05. The van der Waals surface area contributed by atoms with Crippen molar-refractivity contribution in [2.75, 3.05) is 0 Å². The van der Waals surface area contributed by atoms with Crippen molar-refractivity contribution in [2.45, 2.75) is 32.7 Å². The molecule has 0 fully saturated rings. The molecule has 0 atom stereocenters. The lowest BCUT2D eigenvalue weighted by atomic mass is 10.1. The van der Waals surface area contributed by atoms with Gasteiger partial charge in [0.05, 0.1) is 6.33 Å². The highest BCUT2D eigenvalue weighted by Gasteiger charge is 2.04. The third-order valence-corrected chi connectivity index (χ3v) is 3.24. The summed E-state index contributed by atoms with van der Waals surface area (Å²) >= 11 is 0. The number of hydrogen-bond donors (Lipinski definition) is 0. The van der Waals surface area contributed by atoms with E-state index in [2.05, 4.69) is 33.6 Å². The standard InChI is InChI=1S/C15H17N3O/c1-2-15-17-13-10-12(5-6-14(13)19-15)4-3-8-18-9-7-16-11-18/h5-7,9-11H,2-4,8H2,1H3. The van der Waals surface area contributed by atoms with Crippen LogP contribution < -0.4 is 0 Å². The van der Waals surface area contributed by atoms with Gasteiger partial charge in [-0.15, -0.1) is 0 Å². The monoisotopic (exact) mass is 255 g/mol. The smallest absolute Gasteiger partial charge is 0.195 e. The summed E-state index contributed by atoms with van der Waals surface area (Å²) in [4.78, 5) is 8.51. The largest absolute Gasteiger partial charge is 0.441 e. The van der Waals surface area contributed by atoms with E-state index in [0.29, 0.717) is 0 Å². The lowest BCUT2D eigenvalue weighted by molar-refractivity contribution is 0.538. The van der Waals surface area contributed by atoms with Crippen molar-refractivity contribution in [1.82, 2.24) is 14.5 Å². The molecule has 0 unspecified atom stereocenters. The third kappa shape index (κ3) is 2.67. The average molecular weight is 255 g/mol. The van der Waals surface area contributed by atoms with Gasteiger partial charge >= 0.3 is 0 Å². The minimum Gasteiger partial charge on any atom is -0.441 e. The van der Waals surface area contributed by atoms with Crippen LogP contribution in [0.5, 0.6) is 0 Å². The Balaban J connectivity index is 1.67. The molecule has 0 radical (unpaired) electrons. The maximum Gasteiger partial charge on any atom is 0.195 e. The molecule has 3 rings (SSSR count). The quantitative estimate of drug-likeness (QED) is 0.703. The maximum absolute atomic E-state index is 5.61. The second-order valence-corrected chi connectivity index (χ2v) is 4.67. The highest BCUT2D eigenvalue weighted by atomic mass is 16.3. The second kappa shape index (κ2) is 5.26. The number of nitrogens with zero attached hydrogens (tertiary/aromatic N) is 3. The van der Waals surface area contributed by atoms with Crippen LogP contribution in [0.4, 0.5) is 0 Å². The first kappa shape index (κ1) is 12.0. The van der Waals surface area contributed by atoms with Gasteiger partial charge in [0.1, 0.15) is 5.52 Å². The van der Waals surface area contributed by atoms with Crippen LogP contribution in [0.1, 0.15) is 24.8 Å². The van der Waals surface area contributed by atoms with Crippen LogP contribution in [0.25, 0.3) is 11.1 Å². The highest BCUT2D eigenvalue weighted by Crippen LogP contribution is 2.18. The van der Waals surface area contributed by atoms with E-state index in [1.54, 1.807) is 0 Å². The van der Waals surface area contributed by atoms with Gasteiger partial charge < -0.3 is 8.98 Å².